The van der Waals surface area contributed by atoms with Crippen LogP contribution in [0.5, 0.6) is 0 Å². The third kappa shape index (κ3) is 4.89. The summed E-state index contributed by atoms with van der Waals surface area (Å²) >= 11 is 6.45. The molecule has 3 heteroatoms. The molecular formula is C18H23ClO2. The second kappa shape index (κ2) is 8.23. The zero-order valence-corrected chi connectivity index (χ0v) is 13.3. The zero-order chi connectivity index (χ0) is 15.1. The fourth-order valence-corrected chi connectivity index (χ4v) is 2.83. The van der Waals surface area contributed by atoms with Crippen LogP contribution in [0.3, 0.4) is 0 Å². The summed E-state index contributed by atoms with van der Waals surface area (Å²) in [5.41, 5.74) is 0.942. The molecule has 0 aliphatic carbocycles. The summed E-state index contributed by atoms with van der Waals surface area (Å²) in [5.74, 6) is 0.749. The van der Waals surface area contributed by atoms with Gasteiger partial charge in [0.2, 0.25) is 0 Å². The number of ether oxygens (including phenoxy) is 1. The number of ketones is 1. The number of rotatable bonds is 5. The van der Waals surface area contributed by atoms with Crippen LogP contribution in [0.1, 0.15) is 51.0 Å². The third-order valence-corrected chi connectivity index (χ3v) is 4.29. The average Bonchev–Trinajstić information content (AvgIpc) is 2.50. The van der Waals surface area contributed by atoms with Gasteiger partial charge < -0.3 is 4.74 Å². The Morgan fingerprint density at radius 3 is 2.71 bits per heavy atom. The molecule has 0 N–H and O–H groups in total. The second-order valence-electron chi connectivity index (χ2n) is 5.55. The smallest absolute Gasteiger partial charge is 0.159 e. The molecular weight excluding hydrogens is 284 g/mol. The number of halogens is 1. The Kier molecular flexibility index (Phi) is 6.31. The largest absolute Gasteiger partial charge is 0.488 e. The Hall–Kier alpha value is -1.28. The fourth-order valence-electron chi connectivity index (χ4n) is 2.54. The van der Waals surface area contributed by atoms with E-state index >= 15 is 0 Å². The van der Waals surface area contributed by atoms with E-state index in [1.54, 1.807) is 6.08 Å². The topological polar surface area (TPSA) is 26.3 Å². The molecule has 0 unspecified atom stereocenters. The van der Waals surface area contributed by atoms with Gasteiger partial charge in [-0.2, -0.15) is 0 Å². The van der Waals surface area contributed by atoms with Gasteiger partial charge in [-0.3, -0.25) is 4.79 Å². The van der Waals surface area contributed by atoms with Crippen LogP contribution in [0.4, 0.5) is 0 Å². The number of allylic oxidation sites excluding steroid dienone is 1. The minimum Gasteiger partial charge on any atom is -0.488 e. The molecule has 2 nitrogen and oxygen atoms in total. The Morgan fingerprint density at radius 1 is 1.24 bits per heavy atom. The quantitative estimate of drug-likeness (QED) is 0.567. The highest BCUT2D eigenvalue weighted by Gasteiger charge is 2.25. The van der Waals surface area contributed by atoms with Crippen molar-refractivity contribution in [3.05, 3.63) is 42.0 Å². The van der Waals surface area contributed by atoms with Crippen molar-refractivity contribution >= 4 is 23.1 Å². The standard InChI is InChI=1S/C18H23ClO2/c1-2-3-5-10-17-16(19)12-11-15(20)13-18(21-17)14-8-6-4-7-9-14/h4,6-9,13,16-17H,2-3,5,10-12H2,1H3/b18-13-/t16-,17+/m1/s1. The molecule has 1 aliphatic rings. The van der Waals surface area contributed by atoms with Crippen LogP contribution in [0.15, 0.2) is 36.4 Å². The lowest BCUT2D eigenvalue weighted by Gasteiger charge is -2.27. The van der Waals surface area contributed by atoms with E-state index in [1.807, 2.05) is 30.3 Å². The molecule has 0 aromatic heterocycles. The van der Waals surface area contributed by atoms with E-state index < -0.39 is 0 Å². The molecule has 0 spiro atoms. The molecule has 2 rings (SSSR count). The summed E-state index contributed by atoms with van der Waals surface area (Å²) in [4.78, 5) is 11.9. The highest BCUT2D eigenvalue weighted by atomic mass is 35.5. The number of hydrogen-bond donors (Lipinski definition) is 0. The summed E-state index contributed by atoms with van der Waals surface area (Å²) in [5, 5.41) is -0.0989. The Labute approximate surface area is 132 Å². The van der Waals surface area contributed by atoms with Crippen molar-refractivity contribution in [1.29, 1.82) is 0 Å². The van der Waals surface area contributed by atoms with Crippen molar-refractivity contribution in [2.75, 3.05) is 0 Å². The first-order chi connectivity index (χ1) is 10.2. The molecule has 1 aromatic carbocycles. The number of carbonyl (C=O) groups excluding carboxylic acids is 1. The van der Waals surface area contributed by atoms with Gasteiger partial charge in [-0.15, -0.1) is 11.6 Å². The summed E-state index contributed by atoms with van der Waals surface area (Å²) < 4.78 is 6.12. The Morgan fingerprint density at radius 2 is 2.00 bits per heavy atom. The molecule has 114 valence electrons. The molecule has 1 heterocycles. The van der Waals surface area contributed by atoms with Crippen molar-refractivity contribution < 1.29 is 9.53 Å². The molecule has 0 bridgehead atoms. The molecule has 1 aromatic rings. The molecule has 0 radical (unpaired) electrons. The number of unbranched alkanes of at least 4 members (excludes halogenated alkanes) is 2. The lowest BCUT2D eigenvalue weighted by molar-refractivity contribution is -0.115. The van der Waals surface area contributed by atoms with E-state index in [-0.39, 0.29) is 17.3 Å². The van der Waals surface area contributed by atoms with Crippen LogP contribution in [-0.2, 0) is 9.53 Å². The monoisotopic (exact) mass is 306 g/mol. The van der Waals surface area contributed by atoms with Gasteiger partial charge in [0.15, 0.2) is 5.78 Å². The lowest BCUT2D eigenvalue weighted by Crippen LogP contribution is -2.27. The molecule has 0 saturated carbocycles. The van der Waals surface area contributed by atoms with Gasteiger partial charge in [0.25, 0.3) is 0 Å². The highest BCUT2D eigenvalue weighted by Crippen LogP contribution is 2.28. The normalized spacial score (nSPS) is 25.4. The number of benzene rings is 1. The maximum Gasteiger partial charge on any atom is 0.159 e. The minimum atomic E-state index is -0.0989. The van der Waals surface area contributed by atoms with Crippen molar-refractivity contribution in [3.8, 4) is 0 Å². The predicted octanol–water partition coefficient (Wildman–Crippen LogP) is 4.96. The van der Waals surface area contributed by atoms with Gasteiger partial charge in [-0.25, -0.2) is 0 Å². The maximum absolute atomic E-state index is 11.9. The molecule has 0 saturated heterocycles. The predicted molar refractivity (Wildman–Crippen MR) is 87.3 cm³/mol. The molecule has 1 aliphatic heterocycles. The summed E-state index contributed by atoms with van der Waals surface area (Å²) in [6.07, 6.45) is 7.23. The van der Waals surface area contributed by atoms with Gasteiger partial charge >= 0.3 is 0 Å². The molecule has 0 amide bonds. The van der Waals surface area contributed by atoms with E-state index in [0.717, 1.165) is 18.4 Å². The van der Waals surface area contributed by atoms with Crippen LogP contribution in [0, 0.1) is 0 Å². The van der Waals surface area contributed by atoms with Gasteiger partial charge in [0.05, 0.1) is 5.38 Å². The first kappa shape index (κ1) is 16.1. The van der Waals surface area contributed by atoms with E-state index in [2.05, 4.69) is 6.92 Å². The van der Waals surface area contributed by atoms with Crippen molar-refractivity contribution in [3.63, 3.8) is 0 Å². The SMILES string of the molecule is CCCCC[C@@H]1O/C(c2ccccc2)=C\C(=O)CC[C@H]1Cl. The Bertz CT molecular complexity index is 481. The van der Waals surface area contributed by atoms with Crippen LogP contribution in [0.2, 0.25) is 0 Å². The summed E-state index contributed by atoms with van der Waals surface area (Å²) in [7, 11) is 0. The van der Waals surface area contributed by atoms with Gasteiger partial charge in [-0.05, 0) is 19.3 Å². The maximum atomic E-state index is 11.9. The van der Waals surface area contributed by atoms with Crippen molar-refractivity contribution in [2.45, 2.75) is 56.9 Å². The van der Waals surface area contributed by atoms with E-state index in [4.69, 9.17) is 16.3 Å². The van der Waals surface area contributed by atoms with Gasteiger partial charge in [0.1, 0.15) is 11.9 Å². The Balaban J connectivity index is 2.16. The van der Waals surface area contributed by atoms with Gasteiger partial charge in [0, 0.05) is 18.1 Å². The third-order valence-electron chi connectivity index (χ3n) is 3.79. The fraction of sp³-hybridized carbons (Fsp3) is 0.500. The number of hydrogen-bond acceptors (Lipinski definition) is 2. The van der Waals surface area contributed by atoms with E-state index in [9.17, 15) is 4.79 Å². The molecule has 21 heavy (non-hydrogen) atoms. The highest BCUT2D eigenvalue weighted by molar-refractivity contribution is 6.21. The zero-order valence-electron chi connectivity index (χ0n) is 12.6. The van der Waals surface area contributed by atoms with Crippen LogP contribution in [-0.4, -0.2) is 17.3 Å². The van der Waals surface area contributed by atoms with E-state index in [0.29, 0.717) is 18.6 Å². The first-order valence-corrected chi connectivity index (χ1v) is 8.25. The molecule has 0 fully saturated rings. The van der Waals surface area contributed by atoms with Crippen LogP contribution < -0.4 is 0 Å². The van der Waals surface area contributed by atoms with Crippen molar-refractivity contribution in [1.82, 2.24) is 0 Å². The molecule has 2 atom stereocenters. The number of carbonyl (C=O) groups is 1. The summed E-state index contributed by atoms with van der Waals surface area (Å²) in [6.45, 7) is 2.19. The lowest BCUT2D eigenvalue weighted by atomic mass is 10.0. The summed E-state index contributed by atoms with van der Waals surface area (Å²) in [6, 6.07) is 9.79. The van der Waals surface area contributed by atoms with Crippen molar-refractivity contribution in [2.24, 2.45) is 0 Å². The van der Waals surface area contributed by atoms with Crippen LogP contribution in [0.25, 0.3) is 5.76 Å². The number of alkyl halides is 1. The minimum absolute atomic E-state index is 0.0160. The van der Waals surface area contributed by atoms with E-state index in [1.165, 1.54) is 12.8 Å². The first-order valence-electron chi connectivity index (χ1n) is 7.81. The second-order valence-corrected chi connectivity index (χ2v) is 6.11. The average molecular weight is 307 g/mol. The van der Waals surface area contributed by atoms with Gasteiger partial charge in [-0.1, -0.05) is 50.1 Å². The van der Waals surface area contributed by atoms with Crippen LogP contribution >= 0.6 is 11.6 Å².